The molecule has 1 saturated carbocycles. The number of amides is 1. The molecule has 1 aliphatic heterocycles. The molecule has 2 fully saturated rings. The zero-order chi connectivity index (χ0) is 10.7. The first-order chi connectivity index (χ1) is 7.27. The molecule has 1 heterocycles. The Balaban J connectivity index is 1.74. The van der Waals surface area contributed by atoms with Crippen LogP contribution in [0.25, 0.3) is 0 Å². The number of hydrogen-bond donors (Lipinski definition) is 2. The highest BCUT2D eigenvalue weighted by Crippen LogP contribution is 2.26. The van der Waals surface area contributed by atoms with Crippen LogP contribution in [-0.4, -0.2) is 24.5 Å². The Morgan fingerprint density at radius 3 is 2.60 bits per heavy atom. The summed E-state index contributed by atoms with van der Waals surface area (Å²) in [6.07, 6.45) is 7.19. The topological polar surface area (TPSA) is 41.1 Å². The molecule has 0 bridgehead atoms. The number of carbonyl (C=O) groups excluding carboxylic acids is 1. The van der Waals surface area contributed by atoms with Crippen molar-refractivity contribution in [2.45, 2.75) is 57.5 Å². The molecule has 0 aromatic rings. The minimum Gasteiger partial charge on any atom is -0.352 e. The largest absolute Gasteiger partial charge is 0.352 e. The number of hydrogen-bond acceptors (Lipinski definition) is 2. The fourth-order valence-corrected chi connectivity index (χ4v) is 2.42. The highest BCUT2D eigenvalue weighted by molar-refractivity contribution is 5.79. The highest BCUT2D eigenvalue weighted by atomic mass is 16.2. The molecular weight excluding hydrogens is 188 g/mol. The first kappa shape index (κ1) is 10.9. The fourth-order valence-electron chi connectivity index (χ4n) is 2.42. The molecule has 1 aliphatic carbocycles. The molecular formula is C12H22N2O. The van der Waals surface area contributed by atoms with Gasteiger partial charge in [0.2, 0.25) is 5.91 Å². The molecule has 3 heteroatoms. The van der Waals surface area contributed by atoms with Crippen LogP contribution >= 0.6 is 0 Å². The SMILES string of the molecule is CC(NC(=O)C1CCC1)C1CCCCN1. The van der Waals surface area contributed by atoms with Crippen molar-refractivity contribution in [2.75, 3.05) is 6.54 Å². The van der Waals surface area contributed by atoms with Crippen molar-refractivity contribution < 1.29 is 4.79 Å². The van der Waals surface area contributed by atoms with Crippen LogP contribution in [0.5, 0.6) is 0 Å². The second-order valence-corrected chi connectivity index (χ2v) is 4.98. The van der Waals surface area contributed by atoms with Gasteiger partial charge in [-0.05, 0) is 39.2 Å². The average Bonchev–Trinajstić information content (AvgIpc) is 2.16. The minimum atomic E-state index is 0.279. The van der Waals surface area contributed by atoms with E-state index in [1.165, 1.54) is 25.7 Å². The second-order valence-electron chi connectivity index (χ2n) is 4.98. The van der Waals surface area contributed by atoms with E-state index < -0.39 is 0 Å². The molecule has 0 spiro atoms. The van der Waals surface area contributed by atoms with Gasteiger partial charge >= 0.3 is 0 Å². The molecule has 0 radical (unpaired) electrons. The molecule has 2 aliphatic rings. The van der Waals surface area contributed by atoms with Gasteiger partial charge in [0.25, 0.3) is 0 Å². The van der Waals surface area contributed by atoms with E-state index in [2.05, 4.69) is 17.6 Å². The first-order valence-corrected chi connectivity index (χ1v) is 6.31. The van der Waals surface area contributed by atoms with Crippen molar-refractivity contribution in [3.05, 3.63) is 0 Å². The standard InChI is InChI=1S/C12H22N2O/c1-9(11-7-2-3-8-13-11)14-12(15)10-5-4-6-10/h9-11,13H,2-8H2,1H3,(H,14,15). The van der Waals surface area contributed by atoms with Gasteiger partial charge in [-0.15, -0.1) is 0 Å². The molecule has 1 amide bonds. The van der Waals surface area contributed by atoms with Gasteiger partial charge in [-0.1, -0.05) is 12.8 Å². The molecule has 86 valence electrons. The van der Waals surface area contributed by atoms with Gasteiger partial charge in [0.1, 0.15) is 0 Å². The molecule has 2 atom stereocenters. The van der Waals surface area contributed by atoms with Crippen LogP contribution in [0.3, 0.4) is 0 Å². The quantitative estimate of drug-likeness (QED) is 0.740. The molecule has 0 aromatic carbocycles. The lowest BCUT2D eigenvalue weighted by atomic mass is 9.84. The van der Waals surface area contributed by atoms with Crippen LogP contribution in [0.1, 0.15) is 45.4 Å². The lowest BCUT2D eigenvalue weighted by Gasteiger charge is -2.32. The molecule has 2 N–H and O–H groups in total. The van der Waals surface area contributed by atoms with Crippen molar-refractivity contribution in [3.63, 3.8) is 0 Å². The summed E-state index contributed by atoms with van der Waals surface area (Å²) in [5, 5.41) is 6.63. The fraction of sp³-hybridized carbons (Fsp3) is 0.917. The molecule has 2 rings (SSSR count). The second kappa shape index (κ2) is 4.97. The van der Waals surface area contributed by atoms with E-state index in [0.717, 1.165) is 19.4 Å². The Morgan fingerprint density at radius 2 is 2.07 bits per heavy atom. The summed E-state index contributed by atoms with van der Waals surface area (Å²) in [5.74, 6) is 0.595. The molecule has 1 saturated heterocycles. The van der Waals surface area contributed by atoms with Gasteiger partial charge in [-0.3, -0.25) is 4.79 Å². The predicted molar refractivity (Wildman–Crippen MR) is 60.6 cm³/mol. The normalized spacial score (nSPS) is 29.3. The minimum absolute atomic E-state index is 0.279. The van der Waals surface area contributed by atoms with E-state index in [1.54, 1.807) is 0 Å². The maximum Gasteiger partial charge on any atom is 0.223 e. The summed E-state index contributed by atoms with van der Waals surface area (Å²) >= 11 is 0. The zero-order valence-electron chi connectivity index (χ0n) is 9.59. The van der Waals surface area contributed by atoms with Crippen molar-refractivity contribution in [1.82, 2.24) is 10.6 Å². The number of piperidine rings is 1. The summed E-state index contributed by atoms with van der Waals surface area (Å²) in [6.45, 7) is 3.23. The lowest BCUT2D eigenvalue weighted by Crippen LogP contribution is -2.51. The smallest absolute Gasteiger partial charge is 0.223 e. The summed E-state index contributed by atoms with van der Waals surface area (Å²) in [7, 11) is 0. The number of nitrogens with one attached hydrogen (secondary N) is 2. The van der Waals surface area contributed by atoms with Crippen molar-refractivity contribution in [1.29, 1.82) is 0 Å². The van der Waals surface area contributed by atoms with Crippen LogP contribution in [0.15, 0.2) is 0 Å². The number of rotatable bonds is 3. The molecule has 2 unspecified atom stereocenters. The maximum absolute atomic E-state index is 11.7. The van der Waals surface area contributed by atoms with Gasteiger partial charge in [-0.2, -0.15) is 0 Å². The summed E-state index contributed by atoms with van der Waals surface area (Å²) in [4.78, 5) is 11.7. The number of carbonyl (C=O) groups is 1. The van der Waals surface area contributed by atoms with Gasteiger partial charge in [-0.25, -0.2) is 0 Å². The Labute approximate surface area is 92.0 Å². The van der Waals surface area contributed by atoms with Gasteiger partial charge < -0.3 is 10.6 Å². The van der Waals surface area contributed by atoms with Crippen LogP contribution in [0.4, 0.5) is 0 Å². The van der Waals surface area contributed by atoms with Gasteiger partial charge in [0, 0.05) is 18.0 Å². The summed E-state index contributed by atoms with van der Waals surface area (Å²) in [6, 6.07) is 0.779. The Morgan fingerprint density at radius 1 is 1.27 bits per heavy atom. The third-order valence-corrected chi connectivity index (χ3v) is 3.80. The van der Waals surface area contributed by atoms with Crippen molar-refractivity contribution in [3.8, 4) is 0 Å². The van der Waals surface area contributed by atoms with Crippen LogP contribution in [0, 0.1) is 5.92 Å². The maximum atomic E-state index is 11.7. The Hall–Kier alpha value is -0.570. The first-order valence-electron chi connectivity index (χ1n) is 6.31. The Kier molecular flexibility index (Phi) is 3.62. The third kappa shape index (κ3) is 2.71. The molecule has 0 aromatic heterocycles. The Bertz CT molecular complexity index is 220. The third-order valence-electron chi connectivity index (χ3n) is 3.80. The summed E-state index contributed by atoms with van der Waals surface area (Å²) < 4.78 is 0. The molecule has 15 heavy (non-hydrogen) atoms. The zero-order valence-corrected chi connectivity index (χ0v) is 9.59. The van der Waals surface area contributed by atoms with Crippen LogP contribution < -0.4 is 10.6 Å². The predicted octanol–water partition coefficient (Wildman–Crippen LogP) is 1.43. The summed E-state index contributed by atoms with van der Waals surface area (Å²) in [5.41, 5.74) is 0. The van der Waals surface area contributed by atoms with Crippen LogP contribution in [-0.2, 0) is 4.79 Å². The van der Waals surface area contributed by atoms with E-state index in [0.29, 0.717) is 18.0 Å². The van der Waals surface area contributed by atoms with Crippen molar-refractivity contribution >= 4 is 5.91 Å². The van der Waals surface area contributed by atoms with E-state index in [1.807, 2.05) is 0 Å². The van der Waals surface area contributed by atoms with E-state index in [4.69, 9.17) is 0 Å². The van der Waals surface area contributed by atoms with E-state index in [-0.39, 0.29) is 5.91 Å². The monoisotopic (exact) mass is 210 g/mol. The lowest BCUT2D eigenvalue weighted by molar-refractivity contribution is -0.128. The molecule has 3 nitrogen and oxygen atoms in total. The van der Waals surface area contributed by atoms with Crippen molar-refractivity contribution in [2.24, 2.45) is 5.92 Å². The van der Waals surface area contributed by atoms with E-state index in [9.17, 15) is 4.79 Å². The average molecular weight is 210 g/mol. The van der Waals surface area contributed by atoms with E-state index >= 15 is 0 Å². The van der Waals surface area contributed by atoms with Gasteiger partial charge in [0.05, 0.1) is 0 Å². The van der Waals surface area contributed by atoms with Gasteiger partial charge in [0.15, 0.2) is 0 Å². The highest BCUT2D eigenvalue weighted by Gasteiger charge is 2.28. The van der Waals surface area contributed by atoms with Crippen LogP contribution in [0.2, 0.25) is 0 Å².